The van der Waals surface area contributed by atoms with Gasteiger partial charge in [-0.25, -0.2) is 9.78 Å². The second kappa shape index (κ2) is 5.96. The summed E-state index contributed by atoms with van der Waals surface area (Å²) < 4.78 is 6.84. The molecule has 0 aliphatic heterocycles. The van der Waals surface area contributed by atoms with E-state index in [2.05, 4.69) is 4.98 Å². The minimum atomic E-state index is -0.410. The lowest BCUT2D eigenvalue weighted by atomic mass is 10.1. The molecular formula is C17H16N2O3S. The second-order valence-electron chi connectivity index (χ2n) is 5.48. The van der Waals surface area contributed by atoms with E-state index in [0.29, 0.717) is 16.2 Å². The fourth-order valence-electron chi connectivity index (χ4n) is 2.43. The zero-order valence-corrected chi connectivity index (χ0v) is 13.9. The van der Waals surface area contributed by atoms with Gasteiger partial charge in [-0.2, -0.15) is 0 Å². The summed E-state index contributed by atoms with van der Waals surface area (Å²) in [6.07, 6.45) is 0. The summed E-state index contributed by atoms with van der Waals surface area (Å²) in [7, 11) is 0. The molecule has 0 aliphatic carbocycles. The van der Waals surface area contributed by atoms with Crippen molar-refractivity contribution in [2.75, 3.05) is 0 Å². The molecule has 0 radical (unpaired) electrons. The second-order valence-corrected chi connectivity index (χ2v) is 6.31. The highest BCUT2D eigenvalue weighted by molar-refractivity contribution is 7.15. The molecule has 0 atom stereocenters. The molecule has 0 aliphatic rings. The van der Waals surface area contributed by atoms with E-state index in [-0.39, 0.29) is 12.2 Å². The van der Waals surface area contributed by atoms with Gasteiger partial charge < -0.3 is 4.74 Å². The normalized spacial score (nSPS) is 10.9. The van der Waals surface area contributed by atoms with Crippen molar-refractivity contribution in [3.8, 4) is 0 Å². The summed E-state index contributed by atoms with van der Waals surface area (Å²) in [5.74, 6) is -0.410. The van der Waals surface area contributed by atoms with Gasteiger partial charge >= 0.3 is 5.97 Å². The molecule has 0 bridgehead atoms. The number of fused-ring (bicyclic) bond motifs is 1. The number of hydrogen-bond donors (Lipinski definition) is 0. The van der Waals surface area contributed by atoms with Gasteiger partial charge in [-0.05, 0) is 32.4 Å². The smallest absolute Gasteiger partial charge is 0.338 e. The van der Waals surface area contributed by atoms with E-state index in [1.165, 1.54) is 17.4 Å². The topological polar surface area (TPSA) is 60.7 Å². The molecule has 2 aromatic heterocycles. The van der Waals surface area contributed by atoms with Crippen molar-refractivity contribution in [2.45, 2.75) is 27.4 Å². The van der Waals surface area contributed by atoms with Crippen molar-refractivity contribution < 1.29 is 9.53 Å². The Kier molecular flexibility index (Phi) is 4.00. The van der Waals surface area contributed by atoms with Crippen LogP contribution in [-0.2, 0) is 11.3 Å². The van der Waals surface area contributed by atoms with Crippen LogP contribution < -0.4 is 5.56 Å². The molecule has 0 saturated heterocycles. The Morgan fingerprint density at radius 2 is 2.04 bits per heavy atom. The number of carbonyl (C=O) groups excluding carboxylic acids is 1. The third-order valence-corrected chi connectivity index (χ3v) is 4.53. The van der Waals surface area contributed by atoms with Crippen LogP contribution in [0.4, 0.5) is 0 Å². The first kappa shape index (κ1) is 15.4. The van der Waals surface area contributed by atoms with E-state index >= 15 is 0 Å². The van der Waals surface area contributed by atoms with Gasteiger partial charge in [0.2, 0.25) is 0 Å². The highest BCUT2D eigenvalue weighted by Gasteiger charge is 2.12. The Morgan fingerprint density at radius 3 is 2.78 bits per heavy atom. The summed E-state index contributed by atoms with van der Waals surface area (Å²) in [6.45, 7) is 5.67. The molecule has 0 N–H and O–H groups in total. The van der Waals surface area contributed by atoms with Crippen LogP contribution in [0.2, 0.25) is 0 Å². The molecule has 2 heterocycles. The van der Waals surface area contributed by atoms with Gasteiger partial charge in [0.05, 0.1) is 11.3 Å². The van der Waals surface area contributed by atoms with Gasteiger partial charge in [0, 0.05) is 17.1 Å². The number of aryl methyl sites for hydroxylation is 3. The van der Waals surface area contributed by atoms with Crippen LogP contribution in [-0.4, -0.2) is 15.4 Å². The number of aromatic nitrogens is 2. The van der Waals surface area contributed by atoms with Crippen molar-refractivity contribution in [1.29, 1.82) is 0 Å². The van der Waals surface area contributed by atoms with Crippen molar-refractivity contribution >= 4 is 22.3 Å². The summed E-state index contributed by atoms with van der Waals surface area (Å²) in [6, 6.07) is 6.96. The van der Waals surface area contributed by atoms with Crippen molar-refractivity contribution in [3.63, 3.8) is 0 Å². The lowest BCUT2D eigenvalue weighted by molar-refractivity contribution is 0.0467. The van der Waals surface area contributed by atoms with Crippen molar-refractivity contribution in [2.24, 2.45) is 0 Å². The molecule has 0 saturated carbocycles. The lowest BCUT2D eigenvalue weighted by Gasteiger charge is -2.07. The lowest BCUT2D eigenvalue weighted by Crippen LogP contribution is -2.16. The monoisotopic (exact) mass is 328 g/mol. The van der Waals surface area contributed by atoms with E-state index in [4.69, 9.17) is 4.74 Å². The van der Waals surface area contributed by atoms with E-state index in [1.54, 1.807) is 10.5 Å². The summed E-state index contributed by atoms with van der Waals surface area (Å²) in [5, 5.41) is 1.87. The number of esters is 1. The first-order valence-corrected chi connectivity index (χ1v) is 8.05. The van der Waals surface area contributed by atoms with Gasteiger partial charge in [-0.3, -0.25) is 9.20 Å². The third kappa shape index (κ3) is 3.03. The Bertz CT molecular complexity index is 956. The van der Waals surface area contributed by atoms with Gasteiger partial charge in [-0.15, -0.1) is 11.3 Å². The first-order chi connectivity index (χ1) is 11.0. The fraction of sp³-hybridized carbons (Fsp3) is 0.235. The molecule has 118 valence electrons. The fourth-order valence-corrected chi connectivity index (χ4v) is 3.33. The number of benzene rings is 1. The van der Waals surface area contributed by atoms with Crippen LogP contribution in [0.5, 0.6) is 0 Å². The Hall–Kier alpha value is -2.47. The average Bonchev–Trinajstić information content (AvgIpc) is 2.86. The third-order valence-electron chi connectivity index (χ3n) is 3.58. The zero-order valence-electron chi connectivity index (χ0n) is 13.1. The molecule has 3 rings (SSSR count). The Labute approximate surface area is 137 Å². The maximum atomic E-state index is 12.2. The molecule has 5 nitrogen and oxygen atoms in total. The molecule has 0 unspecified atom stereocenters. The number of nitrogens with zero attached hydrogens (tertiary/aromatic N) is 2. The predicted molar refractivity (Wildman–Crippen MR) is 89.1 cm³/mol. The molecule has 0 fully saturated rings. The minimum Gasteiger partial charge on any atom is -0.456 e. The van der Waals surface area contributed by atoms with Crippen LogP contribution in [0.15, 0.2) is 34.4 Å². The number of carbonyl (C=O) groups is 1. The van der Waals surface area contributed by atoms with Crippen LogP contribution >= 0.6 is 11.3 Å². The number of thiazole rings is 1. The Balaban J connectivity index is 1.80. The minimum absolute atomic E-state index is 0.0190. The Morgan fingerprint density at radius 1 is 1.26 bits per heavy atom. The standard InChI is InChI=1S/C17H16N2O3S/c1-10-4-5-14(11(2)6-10)16(21)22-8-13-7-15(20)19-12(3)9-23-17(19)18-13/h4-7,9H,8H2,1-3H3. The van der Waals surface area contributed by atoms with E-state index < -0.39 is 5.97 Å². The molecule has 23 heavy (non-hydrogen) atoms. The maximum absolute atomic E-state index is 12.2. The largest absolute Gasteiger partial charge is 0.456 e. The molecular weight excluding hydrogens is 312 g/mol. The van der Waals surface area contributed by atoms with Crippen LogP contribution in [0, 0.1) is 20.8 Å². The average molecular weight is 328 g/mol. The van der Waals surface area contributed by atoms with Crippen LogP contribution in [0.3, 0.4) is 0 Å². The van der Waals surface area contributed by atoms with Crippen molar-refractivity contribution in [3.05, 3.63) is 68.1 Å². The summed E-state index contributed by atoms with van der Waals surface area (Å²) in [5.41, 5.74) is 3.63. The van der Waals surface area contributed by atoms with Gasteiger partial charge in [0.25, 0.3) is 5.56 Å². The number of hydrogen-bond acceptors (Lipinski definition) is 5. The molecule has 0 amide bonds. The number of rotatable bonds is 3. The summed E-state index contributed by atoms with van der Waals surface area (Å²) >= 11 is 1.39. The molecule has 0 spiro atoms. The van der Waals surface area contributed by atoms with E-state index in [1.807, 2.05) is 38.3 Å². The zero-order chi connectivity index (χ0) is 16.6. The number of ether oxygens (including phenoxy) is 1. The predicted octanol–water partition coefficient (Wildman–Crippen LogP) is 3.04. The van der Waals surface area contributed by atoms with Gasteiger partial charge in [0.1, 0.15) is 6.61 Å². The van der Waals surface area contributed by atoms with Crippen LogP contribution in [0.25, 0.3) is 4.96 Å². The summed E-state index contributed by atoms with van der Waals surface area (Å²) in [4.78, 5) is 29.2. The quantitative estimate of drug-likeness (QED) is 0.693. The highest BCUT2D eigenvalue weighted by Crippen LogP contribution is 2.14. The van der Waals surface area contributed by atoms with Crippen LogP contribution in [0.1, 0.15) is 32.9 Å². The van der Waals surface area contributed by atoms with E-state index in [9.17, 15) is 9.59 Å². The molecule has 6 heteroatoms. The maximum Gasteiger partial charge on any atom is 0.338 e. The van der Waals surface area contributed by atoms with Gasteiger partial charge in [-0.1, -0.05) is 17.7 Å². The first-order valence-electron chi connectivity index (χ1n) is 7.17. The molecule has 1 aromatic carbocycles. The van der Waals surface area contributed by atoms with Crippen molar-refractivity contribution in [1.82, 2.24) is 9.38 Å². The SMILES string of the molecule is Cc1ccc(C(=O)OCc2cc(=O)n3c(C)csc3n2)c(C)c1. The highest BCUT2D eigenvalue weighted by atomic mass is 32.1. The van der Waals surface area contributed by atoms with Gasteiger partial charge in [0.15, 0.2) is 4.96 Å². The molecule has 3 aromatic rings. The van der Waals surface area contributed by atoms with E-state index in [0.717, 1.165) is 16.8 Å².